The van der Waals surface area contributed by atoms with Crippen LogP contribution in [0.5, 0.6) is 0 Å². The lowest BCUT2D eigenvalue weighted by Crippen LogP contribution is -2.36. The maximum Gasteiger partial charge on any atom is 0.302 e. The highest BCUT2D eigenvalue weighted by Gasteiger charge is 2.54. The van der Waals surface area contributed by atoms with E-state index < -0.39 is 16.9 Å². The fraction of sp³-hybridized carbons (Fsp3) is 0.500. The first-order chi connectivity index (χ1) is 21.7. The second-order valence-electron chi connectivity index (χ2n) is 15.3. The molecule has 256 valence electrons. The SMILES string of the molecule is CC(=O)O[C@H]1CC(C)(C)[C@](C)(C(=O)/C=C/C(C)=C/C=C/C(C)=C/C=C/C=C(C)/C=C/C=C(C)/C=C/C(=O)[C@]2(C)C[C@@H](O)CC2(C)C)C1. The highest BCUT2D eigenvalue weighted by molar-refractivity contribution is 5.96. The number of carbonyl (C=O) groups is 3. The Bertz CT molecular complexity index is 1450. The molecule has 0 amide bonds. The van der Waals surface area contributed by atoms with Crippen LogP contribution in [-0.2, 0) is 19.1 Å². The van der Waals surface area contributed by atoms with Crippen molar-refractivity contribution >= 4 is 17.5 Å². The van der Waals surface area contributed by atoms with Gasteiger partial charge in [0, 0.05) is 17.8 Å². The summed E-state index contributed by atoms with van der Waals surface area (Å²) >= 11 is 0. The van der Waals surface area contributed by atoms with Crippen LogP contribution in [0, 0.1) is 21.7 Å². The van der Waals surface area contributed by atoms with Gasteiger partial charge in [-0.15, -0.1) is 0 Å². The minimum Gasteiger partial charge on any atom is -0.463 e. The second kappa shape index (κ2) is 16.5. The van der Waals surface area contributed by atoms with Gasteiger partial charge in [0.05, 0.1) is 6.10 Å². The van der Waals surface area contributed by atoms with Crippen LogP contribution >= 0.6 is 0 Å². The first kappa shape index (κ1) is 39.6. The molecule has 5 nitrogen and oxygen atoms in total. The zero-order valence-electron chi connectivity index (χ0n) is 30.6. The van der Waals surface area contributed by atoms with Gasteiger partial charge in [-0.05, 0) is 76.4 Å². The van der Waals surface area contributed by atoms with Crippen molar-refractivity contribution in [2.45, 2.75) is 114 Å². The van der Waals surface area contributed by atoms with E-state index in [-0.39, 0.29) is 34.5 Å². The summed E-state index contributed by atoms with van der Waals surface area (Å²) in [7, 11) is 0. The van der Waals surface area contributed by atoms with Gasteiger partial charge >= 0.3 is 5.97 Å². The first-order valence-corrected chi connectivity index (χ1v) is 16.7. The molecule has 0 aromatic heterocycles. The number of aliphatic hydroxyl groups excluding tert-OH is 1. The Balaban J connectivity index is 1.89. The number of esters is 1. The third-order valence-electron chi connectivity index (χ3n) is 10.4. The van der Waals surface area contributed by atoms with Gasteiger partial charge in [0.2, 0.25) is 0 Å². The minimum absolute atomic E-state index is 0.0585. The van der Waals surface area contributed by atoms with Crippen LogP contribution in [0.25, 0.3) is 0 Å². The first-order valence-electron chi connectivity index (χ1n) is 16.7. The summed E-state index contributed by atoms with van der Waals surface area (Å²) in [6.45, 7) is 21.6. The molecule has 0 heterocycles. The van der Waals surface area contributed by atoms with Gasteiger partial charge in [-0.1, -0.05) is 137 Å². The Kier molecular flexibility index (Phi) is 13.9. The average Bonchev–Trinajstić information content (AvgIpc) is 3.32. The van der Waals surface area contributed by atoms with Crippen molar-refractivity contribution in [3.05, 3.63) is 107 Å². The molecule has 2 saturated carbocycles. The Labute approximate surface area is 284 Å². The van der Waals surface area contributed by atoms with Crippen LogP contribution < -0.4 is 0 Å². The summed E-state index contributed by atoms with van der Waals surface area (Å²) in [5.74, 6) is -0.174. The topological polar surface area (TPSA) is 80.7 Å². The van der Waals surface area contributed by atoms with Gasteiger partial charge < -0.3 is 9.84 Å². The predicted molar refractivity (Wildman–Crippen MR) is 195 cm³/mol. The van der Waals surface area contributed by atoms with E-state index >= 15 is 0 Å². The van der Waals surface area contributed by atoms with Crippen molar-refractivity contribution in [3.8, 4) is 0 Å². The Morgan fingerprint density at radius 3 is 1.32 bits per heavy atom. The summed E-state index contributed by atoms with van der Waals surface area (Å²) in [6.07, 6.45) is 28.8. The number of carbonyl (C=O) groups excluding carboxylic acids is 3. The molecule has 2 aliphatic rings. The highest BCUT2D eigenvalue weighted by Crippen LogP contribution is 2.54. The number of ether oxygens (including phenoxy) is 1. The molecule has 0 spiro atoms. The van der Waals surface area contributed by atoms with Crippen LogP contribution in [0.1, 0.15) is 102 Å². The monoisotopic (exact) mass is 642 g/mol. The van der Waals surface area contributed by atoms with Crippen molar-refractivity contribution < 1.29 is 24.2 Å². The molecule has 2 aliphatic carbocycles. The number of rotatable bonds is 13. The number of hydrogen-bond donors (Lipinski definition) is 1. The summed E-state index contributed by atoms with van der Waals surface area (Å²) in [6, 6.07) is 0. The zero-order valence-corrected chi connectivity index (χ0v) is 30.6. The molecule has 0 aromatic carbocycles. The Morgan fingerprint density at radius 1 is 0.532 bits per heavy atom. The van der Waals surface area contributed by atoms with E-state index in [0.717, 1.165) is 22.3 Å². The quantitative estimate of drug-likeness (QED) is 0.123. The number of allylic oxidation sites excluding steroid dienone is 18. The fourth-order valence-corrected chi connectivity index (χ4v) is 6.54. The minimum atomic E-state index is -0.583. The molecule has 47 heavy (non-hydrogen) atoms. The molecule has 0 aromatic rings. The lowest BCUT2D eigenvalue weighted by molar-refractivity contribution is -0.146. The normalized spacial score (nSPS) is 28.9. The Morgan fingerprint density at radius 2 is 0.915 bits per heavy atom. The van der Waals surface area contributed by atoms with Gasteiger partial charge in [-0.25, -0.2) is 0 Å². The third-order valence-corrected chi connectivity index (χ3v) is 10.4. The van der Waals surface area contributed by atoms with E-state index in [1.807, 2.05) is 114 Å². The number of aliphatic hydroxyl groups is 1. The van der Waals surface area contributed by atoms with E-state index in [4.69, 9.17) is 4.74 Å². The van der Waals surface area contributed by atoms with E-state index in [1.165, 1.54) is 6.92 Å². The average molecular weight is 643 g/mol. The lowest BCUT2D eigenvalue weighted by atomic mass is 9.66. The molecule has 2 fully saturated rings. The van der Waals surface area contributed by atoms with Crippen molar-refractivity contribution in [1.82, 2.24) is 0 Å². The van der Waals surface area contributed by atoms with Gasteiger partial charge in [0.15, 0.2) is 11.6 Å². The van der Waals surface area contributed by atoms with Gasteiger partial charge in [0.25, 0.3) is 0 Å². The van der Waals surface area contributed by atoms with Crippen LogP contribution in [-0.4, -0.2) is 34.9 Å². The largest absolute Gasteiger partial charge is 0.463 e. The van der Waals surface area contributed by atoms with Crippen molar-refractivity contribution in [2.75, 3.05) is 0 Å². The Hall–Kier alpha value is -3.57. The zero-order chi connectivity index (χ0) is 35.6. The fourth-order valence-electron chi connectivity index (χ4n) is 6.54. The number of hydrogen-bond acceptors (Lipinski definition) is 5. The van der Waals surface area contributed by atoms with Crippen molar-refractivity contribution in [2.24, 2.45) is 21.7 Å². The van der Waals surface area contributed by atoms with Gasteiger partial charge in [0.1, 0.15) is 6.10 Å². The predicted octanol–water partition coefficient (Wildman–Crippen LogP) is 9.64. The van der Waals surface area contributed by atoms with Crippen LogP contribution in [0.15, 0.2) is 107 Å². The molecule has 0 aliphatic heterocycles. The molecule has 0 saturated heterocycles. The molecule has 0 bridgehead atoms. The smallest absolute Gasteiger partial charge is 0.302 e. The van der Waals surface area contributed by atoms with E-state index in [0.29, 0.717) is 25.7 Å². The van der Waals surface area contributed by atoms with Crippen molar-refractivity contribution in [1.29, 1.82) is 0 Å². The van der Waals surface area contributed by atoms with E-state index in [1.54, 1.807) is 12.2 Å². The maximum atomic E-state index is 13.2. The second-order valence-corrected chi connectivity index (χ2v) is 15.3. The summed E-state index contributed by atoms with van der Waals surface area (Å²) < 4.78 is 5.43. The van der Waals surface area contributed by atoms with Crippen molar-refractivity contribution in [3.63, 3.8) is 0 Å². The lowest BCUT2D eigenvalue weighted by Gasteiger charge is -2.35. The van der Waals surface area contributed by atoms with Gasteiger partial charge in [-0.2, -0.15) is 0 Å². The van der Waals surface area contributed by atoms with Crippen LogP contribution in [0.3, 0.4) is 0 Å². The maximum absolute atomic E-state index is 13.2. The number of ketones is 2. The summed E-state index contributed by atoms with van der Waals surface area (Å²) in [5, 5.41) is 10.1. The van der Waals surface area contributed by atoms with E-state index in [9.17, 15) is 19.5 Å². The highest BCUT2D eigenvalue weighted by atomic mass is 16.5. The van der Waals surface area contributed by atoms with Gasteiger partial charge in [-0.3, -0.25) is 14.4 Å². The standard InChI is InChI=1S/C42H58O5/c1-30(18-14-20-32(3)22-24-37(45)41(10)27-35(44)26-39(41,6)7)16-12-13-17-31(2)19-15-21-33(4)23-25-38(46)42(11)29-36(47-34(5)43)28-40(42,8)9/h12-25,35-36,44H,26-29H2,1-11H3/b13-12+,18-14+,19-15+,24-22+,25-23+,30-16+,31-17+,32-20+,33-21+/t35-,36-,41-,42-/m0/s1. The molecular weight excluding hydrogens is 584 g/mol. The molecular formula is C42H58O5. The van der Waals surface area contributed by atoms with E-state index in [2.05, 4.69) is 27.7 Å². The van der Waals surface area contributed by atoms with Crippen LogP contribution in [0.2, 0.25) is 0 Å². The molecule has 4 atom stereocenters. The summed E-state index contributed by atoms with van der Waals surface area (Å²) in [5.41, 5.74) is 2.51. The third kappa shape index (κ3) is 11.0. The molecule has 0 radical (unpaired) electrons. The van der Waals surface area contributed by atoms with Crippen LogP contribution in [0.4, 0.5) is 0 Å². The summed E-state index contributed by atoms with van der Waals surface area (Å²) in [4.78, 5) is 37.6. The molecule has 1 N–H and O–H groups in total. The molecule has 2 rings (SSSR count). The molecule has 5 heteroatoms. The molecule has 0 unspecified atom stereocenters.